The topological polar surface area (TPSA) is 383 Å². The second-order valence-electron chi connectivity index (χ2n) is 25.1. The summed E-state index contributed by atoms with van der Waals surface area (Å²) in [5.41, 5.74) is 0.640. The van der Waals surface area contributed by atoms with E-state index in [0.717, 1.165) is 32.1 Å². The van der Waals surface area contributed by atoms with E-state index in [-0.39, 0.29) is 35.1 Å². The molecule has 0 aromatic heterocycles. The molecule has 0 aromatic carbocycles. The standard InChI is InChI=1S/C57H90O27/c1-22(60)38-32(79-52-45(69)43(67)41(65)36(82-52)21-73-54-49(44(68)40(64)35(20-59)81-54)84-53-46(70)42(66)39(63)34(19-58)80-53)17-31-29-11-10-27-16-28(12-14-56(27,6)30(29)13-15-57(31,38)7)78-37-18-33(71-8)47(23(2)74-37)83-55-51(77-26(5)62)50(72-9)48(24(3)75-55)76-25(4)61/h10,23-24,28-55,58-59,63-70H,11-21H2,1-9H3. The maximum atomic E-state index is 13.9. The van der Waals surface area contributed by atoms with Crippen molar-refractivity contribution in [2.24, 2.45) is 34.5 Å². The second kappa shape index (κ2) is 26.9. The van der Waals surface area contributed by atoms with Crippen LogP contribution in [0.5, 0.6) is 0 Å². The first-order valence-corrected chi connectivity index (χ1v) is 29.6. The molecular weight excluding hydrogens is 1120 g/mol. The van der Waals surface area contributed by atoms with Gasteiger partial charge in [-0.1, -0.05) is 25.5 Å². The van der Waals surface area contributed by atoms with Crippen molar-refractivity contribution in [2.45, 2.75) is 259 Å². The molecule has 3 saturated carbocycles. The number of carbonyl (C=O) groups is 3. The monoisotopic (exact) mass is 1210 g/mol. The van der Waals surface area contributed by atoms with E-state index in [0.29, 0.717) is 19.3 Å². The molecule has 480 valence electrons. The van der Waals surface area contributed by atoms with E-state index in [1.807, 2.05) is 6.92 Å². The van der Waals surface area contributed by atoms with Gasteiger partial charge >= 0.3 is 11.9 Å². The zero-order valence-electron chi connectivity index (χ0n) is 49.1. The summed E-state index contributed by atoms with van der Waals surface area (Å²) in [6.45, 7) is 9.86. The fourth-order valence-electron chi connectivity index (χ4n) is 15.7. The Labute approximate surface area is 487 Å². The number of ketones is 1. The SMILES string of the molecule is COC1CC(OC2CCC3(C)C(=CCC4C3CCC3(C)C4CC(OC4OC(COC5OC(CO)C(O)C(O)C5OC5OC(CO)C(O)C(O)C5O)C(O)C(O)C4O)C3C(C)=O)C2)OC(C)C1OC1OC(C)C(OC(C)=O)C(OC)C1OC(C)=O. The van der Waals surface area contributed by atoms with Crippen molar-refractivity contribution in [3.63, 3.8) is 0 Å². The van der Waals surface area contributed by atoms with Gasteiger partial charge in [-0.25, -0.2) is 0 Å². The van der Waals surface area contributed by atoms with Crippen molar-refractivity contribution in [1.29, 1.82) is 0 Å². The van der Waals surface area contributed by atoms with E-state index in [1.165, 1.54) is 33.5 Å². The van der Waals surface area contributed by atoms with Crippen molar-refractivity contribution < 1.29 is 132 Å². The number of Topliss-reactive ketones (excluding diaryl/α,β-unsaturated/α-hetero) is 1. The van der Waals surface area contributed by atoms with Gasteiger partial charge < -0.3 is 117 Å². The third-order valence-electron chi connectivity index (χ3n) is 20.0. The first kappa shape index (κ1) is 65.9. The van der Waals surface area contributed by atoms with Crippen LogP contribution in [-0.2, 0) is 80.7 Å². The van der Waals surface area contributed by atoms with Gasteiger partial charge in [0.05, 0.1) is 50.3 Å². The van der Waals surface area contributed by atoms with Crippen molar-refractivity contribution in [2.75, 3.05) is 34.0 Å². The first-order chi connectivity index (χ1) is 39.8. The largest absolute Gasteiger partial charge is 0.457 e. The molecule has 0 radical (unpaired) electrons. The number of fused-ring (bicyclic) bond motifs is 5. The van der Waals surface area contributed by atoms with Crippen molar-refractivity contribution in [3.05, 3.63) is 11.6 Å². The molecule has 9 rings (SSSR count). The number of esters is 2. The van der Waals surface area contributed by atoms with Crippen LogP contribution < -0.4 is 0 Å². The third-order valence-corrected chi connectivity index (χ3v) is 20.0. The predicted octanol–water partition coefficient (Wildman–Crippen LogP) is -1.86. The summed E-state index contributed by atoms with van der Waals surface area (Å²) in [7, 11) is 3.01. The molecule has 8 fully saturated rings. The number of methoxy groups -OCH3 is 2. The predicted molar refractivity (Wildman–Crippen MR) is 281 cm³/mol. The molecule has 5 saturated heterocycles. The minimum Gasteiger partial charge on any atom is -0.457 e. The van der Waals surface area contributed by atoms with Crippen molar-refractivity contribution >= 4 is 17.7 Å². The van der Waals surface area contributed by atoms with Crippen LogP contribution in [0.15, 0.2) is 11.6 Å². The fourth-order valence-corrected chi connectivity index (χ4v) is 15.7. The zero-order chi connectivity index (χ0) is 61.0. The molecule has 9 aliphatic rings. The highest BCUT2D eigenvalue weighted by atomic mass is 16.8. The van der Waals surface area contributed by atoms with Crippen LogP contribution in [-0.4, -0.2) is 262 Å². The fraction of sp³-hybridized carbons (Fsp3) is 0.912. The average Bonchev–Trinajstić information content (AvgIpc) is 1.47. The normalized spacial score (nSPS) is 50.5. The van der Waals surface area contributed by atoms with Crippen LogP contribution in [0, 0.1) is 34.5 Å². The highest BCUT2D eigenvalue weighted by molar-refractivity contribution is 5.80. The lowest BCUT2D eigenvalue weighted by Crippen LogP contribution is -2.65. The molecule has 27 nitrogen and oxygen atoms in total. The van der Waals surface area contributed by atoms with Crippen molar-refractivity contribution in [3.8, 4) is 0 Å². The zero-order valence-corrected chi connectivity index (χ0v) is 49.1. The molecule has 5 aliphatic heterocycles. The quantitative estimate of drug-likeness (QED) is 0.0531. The van der Waals surface area contributed by atoms with Crippen molar-refractivity contribution in [1.82, 2.24) is 0 Å². The summed E-state index contributed by atoms with van der Waals surface area (Å²) in [6.07, 6.45) is -25.9. The molecule has 5 heterocycles. The van der Waals surface area contributed by atoms with Crippen LogP contribution in [0.4, 0.5) is 0 Å². The molecule has 32 atom stereocenters. The lowest BCUT2D eigenvalue weighted by molar-refractivity contribution is -0.373. The van der Waals surface area contributed by atoms with Gasteiger partial charge in [-0.2, -0.15) is 0 Å². The Balaban J connectivity index is 0.835. The van der Waals surface area contributed by atoms with Gasteiger partial charge in [0.1, 0.15) is 91.2 Å². The van der Waals surface area contributed by atoms with Crippen LogP contribution >= 0.6 is 0 Å². The molecule has 10 N–H and O–H groups in total. The maximum Gasteiger partial charge on any atom is 0.303 e. The Hall–Kier alpha value is -2.53. The molecular formula is C57H90O27. The number of ether oxygens (including phenoxy) is 14. The Morgan fingerprint density at radius 3 is 1.77 bits per heavy atom. The number of hydrogen-bond acceptors (Lipinski definition) is 27. The average molecular weight is 1210 g/mol. The van der Waals surface area contributed by atoms with Gasteiger partial charge in [0.25, 0.3) is 0 Å². The number of aliphatic hydroxyl groups is 10. The Bertz CT molecular complexity index is 2280. The summed E-state index contributed by atoms with van der Waals surface area (Å²) in [4.78, 5) is 38.2. The number of aliphatic hydroxyl groups excluding tert-OH is 10. The van der Waals surface area contributed by atoms with E-state index in [9.17, 15) is 65.4 Å². The molecule has 84 heavy (non-hydrogen) atoms. The minimum absolute atomic E-state index is 0.0138. The lowest BCUT2D eigenvalue weighted by Gasteiger charge is -2.58. The van der Waals surface area contributed by atoms with Crippen LogP contribution in [0.2, 0.25) is 0 Å². The number of rotatable bonds is 18. The van der Waals surface area contributed by atoms with Gasteiger partial charge in [0.2, 0.25) is 0 Å². The Kier molecular flexibility index (Phi) is 21.1. The second-order valence-corrected chi connectivity index (χ2v) is 25.1. The van der Waals surface area contributed by atoms with Gasteiger partial charge in [-0.05, 0) is 94.3 Å². The maximum absolute atomic E-state index is 13.9. The summed E-state index contributed by atoms with van der Waals surface area (Å²) in [6, 6.07) is 0. The van der Waals surface area contributed by atoms with Crippen LogP contribution in [0.1, 0.15) is 99.8 Å². The Morgan fingerprint density at radius 2 is 1.15 bits per heavy atom. The van der Waals surface area contributed by atoms with E-state index >= 15 is 0 Å². The minimum atomic E-state index is -1.92. The summed E-state index contributed by atoms with van der Waals surface area (Å²) in [5, 5.41) is 107. The van der Waals surface area contributed by atoms with E-state index < -0.39 is 197 Å². The Morgan fingerprint density at radius 1 is 0.571 bits per heavy atom. The van der Waals surface area contributed by atoms with E-state index in [1.54, 1.807) is 14.0 Å². The van der Waals surface area contributed by atoms with Gasteiger partial charge in [-0.15, -0.1) is 0 Å². The van der Waals surface area contributed by atoms with Gasteiger partial charge in [0.15, 0.2) is 43.7 Å². The summed E-state index contributed by atoms with van der Waals surface area (Å²) < 4.78 is 84.5. The highest BCUT2D eigenvalue weighted by Gasteiger charge is 2.64. The molecule has 27 heteroatoms. The third kappa shape index (κ3) is 12.8. The lowest BCUT2D eigenvalue weighted by atomic mass is 9.47. The molecule has 0 amide bonds. The molecule has 0 aromatic rings. The summed E-state index contributed by atoms with van der Waals surface area (Å²) in [5.74, 6) is -1.41. The molecule has 0 bridgehead atoms. The molecule has 0 spiro atoms. The molecule has 32 unspecified atom stereocenters. The van der Waals surface area contributed by atoms with E-state index in [4.69, 9.17) is 66.3 Å². The highest BCUT2D eigenvalue weighted by Crippen LogP contribution is 2.67. The number of hydrogen-bond donors (Lipinski definition) is 10. The van der Waals surface area contributed by atoms with Gasteiger partial charge in [-0.3, -0.25) is 14.4 Å². The van der Waals surface area contributed by atoms with Crippen LogP contribution in [0.3, 0.4) is 0 Å². The number of allylic oxidation sites excluding steroid dienone is 1. The number of carbonyl (C=O) groups excluding carboxylic acids is 3. The molecule has 4 aliphatic carbocycles. The summed E-state index contributed by atoms with van der Waals surface area (Å²) >= 11 is 0. The smallest absolute Gasteiger partial charge is 0.303 e. The van der Waals surface area contributed by atoms with Crippen LogP contribution in [0.25, 0.3) is 0 Å². The van der Waals surface area contributed by atoms with Gasteiger partial charge in [0, 0.05) is 40.4 Å². The first-order valence-electron chi connectivity index (χ1n) is 29.6. The van der Waals surface area contributed by atoms with E-state index in [2.05, 4.69) is 19.9 Å².